The molecule has 0 radical (unpaired) electrons. The quantitative estimate of drug-likeness (QED) is 0.728. The molecule has 0 N–H and O–H groups in total. The average Bonchev–Trinajstić information content (AvgIpc) is 3.46. The lowest BCUT2D eigenvalue weighted by Gasteiger charge is -2.48. The zero-order valence-electron chi connectivity index (χ0n) is 16.8. The second-order valence-electron chi connectivity index (χ2n) is 8.69. The number of halogens is 1. The van der Waals surface area contributed by atoms with Gasteiger partial charge in [0.15, 0.2) is 0 Å². The van der Waals surface area contributed by atoms with Gasteiger partial charge in [-0.3, -0.25) is 4.79 Å². The Labute approximate surface area is 172 Å². The van der Waals surface area contributed by atoms with E-state index >= 15 is 0 Å². The van der Waals surface area contributed by atoms with Gasteiger partial charge < -0.3 is 9.64 Å². The summed E-state index contributed by atoms with van der Waals surface area (Å²) in [6.45, 7) is 1.73. The van der Waals surface area contributed by atoms with E-state index in [0.29, 0.717) is 44.5 Å². The highest BCUT2D eigenvalue weighted by molar-refractivity contribution is 7.88. The second kappa shape index (κ2) is 7.96. The molecular weight excluding hydrogens is 395 g/mol. The van der Waals surface area contributed by atoms with E-state index in [2.05, 4.69) is 0 Å². The van der Waals surface area contributed by atoms with Crippen molar-refractivity contribution in [2.24, 2.45) is 0 Å². The molecule has 1 saturated carbocycles. The number of benzene rings is 1. The lowest BCUT2D eigenvalue weighted by molar-refractivity contribution is -0.146. The lowest BCUT2D eigenvalue weighted by Crippen LogP contribution is -2.55. The summed E-state index contributed by atoms with van der Waals surface area (Å²) >= 11 is 0. The van der Waals surface area contributed by atoms with Gasteiger partial charge in [0.1, 0.15) is 5.82 Å². The van der Waals surface area contributed by atoms with Gasteiger partial charge in [-0.05, 0) is 56.2 Å². The average molecular weight is 425 g/mol. The third-order valence-electron chi connectivity index (χ3n) is 6.39. The Hall–Kier alpha value is -1.51. The number of hydrogen-bond donors (Lipinski definition) is 0. The molecule has 2 heterocycles. The molecule has 6 nitrogen and oxygen atoms in total. The molecule has 4 rings (SSSR count). The Balaban J connectivity index is 1.37. The number of amides is 1. The highest BCUT2D eigenvalue weighted by atomic mass is 32.2. The molecular formula is C21H29FN2O4S. The van der Waals surface area contributed by atoms with Gasteiger partial charge in [-0.25, -0.2) is 12.8 Å². The van der Waals surface area contributed by atoms with E-state index in [0.717, 1.165) is 19.3 Å². The molecule has 3 aliphatic rings. The van der Waals surface area contributed by atoms with Crippen molar-refractivity contribution in [1.82, 2.24) is 9.21 Å². The minimum absolute atomic E-state index is 0.00597. The molecule has 2 saturated heterocycles. The Morgan fingerprint density at radius 2 is 1.97 bits per heavy atom. The summed E-state index contributed by atoms with van der Waals surface area (Å²) in [5.41, 5.74) is 0.327. The van der Waals surface area contributed by atoms with Crippen molar-refractivity contribution < 1.29 is 22.3 Å². The molecule has 8 heteroatoms. The Morgan fingerprint density at radius 1 is 1.24 bits per heavy atom. The third-order valence-corrected chi connectivity index (χ3v) is 7.75. The van der Waals surface area contributed by atoms with Crippen LogP contribution < -0.4 is 0 Å². The summed E-state index contributed by atoms with van der Waals surface area (Å²) in [7, 11) is -3.24. The van der Waals surface area contributed by atoms with Crippen molar-refractivity contribution in [1.29, 1.82) is 0 Å². The summed E-state index contributed by atoms with van der Waals surface area (Å²) in [5, 5.41) is 0. The van der Waals surface area contributed by atoms with Gasteiger partial charge in [-0.2, -0.15) is 4.31 Å². The van der Waals surface area contributed by atoms with Crippen LogP contribution in [0.1, 0.15) is 44.1 Å². The zero-order valence-corrected chi connectivity index (χ0v) is 17.7. The predicted octanol–water partition coefficient (Wildman–Crippen LogP) is 2.33. The predicted molar refractivity (Wildman–Crippen MR) is 107 cm³/mol. The fourth-order valence-corrected chi connectivity index (χ4v) is 6.31. The van der Waals surface area contributed by atoms with Gasteiger partial charge in [-0.1, -0.05) is 12.1 Å². The molecule has 1 atom stereocenters. The lowest BCUT2D eigenvalue weighted by atomic mass is 9.82. The van der Waals surface area contributed by atoms with Gasteiger partial charge in [-0.15, -0.1) is 0 Å². The van der Waals surface area contributed by atoms with E-state index in [-0.39, 0.29) is 35.8 Å². The van der Waals surface area contributed by atoms with Crippen molar-refractivity contribution in [2.45, 2.75) is 62.6 Å². The van der Waals surface area contributed by atoms with Crippen LogP contribution in [0.3, 0.4) is 0 Å². The monoisotopic (exact) mass is 424 g/mol. The van der Waals surface area contributed by atoms with Gasteiger partial charge >= 0.3 is 0 Å². The van der Waals surface area contributed by atoms with E-state index in [9.17, 15) is 17.6 Å². The molecule has 29 heavy (non-hydrogen) atoms. The summed E-state index contributed by atoms with van der Waals surface area (Å²) in [6.07, 6.45) is 6.23. The number of rotatable bonds is 5. The van der Waals surface area contributed by atoms with Crippen molar-refractivity contribution in [2.75, 3.05) is 26.0 Å². The number of piperidine rings is 1. The minimum Gasteiger partial charge on any atom is -0.375 e. The van der Waals surface area contributed by atoms with Crippen molar-refractivity contribution >= 4 is 15.9 Å². The molecule has 0 aromatic heterocycles. The fraction of sp³-hybridized carbons (Fsp3) is 0.667. The van der Waals surface area contributed by atoms with E-state index < -0.39 is 10.0 Å². The number of nitrogens with zero attached hydrogens (tertiary/aromatic N) is 2. The Morgan fingerprint density at radius 3 is 2.59 bits per heavy atom. The molecule has 3 fully saturated rings. The molecule has 0 bridgehead atoms. The highest BCUT2D eigenvalue weighted by Crippen LogP contribution is 2.41. The smallest absolute Gasteiger partial charge is 0.226 e. The summed E-state index contributed by atoms with van der Waals surface area (Å²) < 4.78 is 45.9. The van der Waals surface area contributed by atoms with Crippen LogP contribution >= 0.6 is 0 Å². The van der Waals surface area contributed by atoms with Crippen LogP contribution in [0.4, 0.5) is 4.39 Å². The van der Waals surface area contributed by atoms with Gasteiger partial charge in [0.25, 0.3) is 0 Å². The van der Waals surface area contributed by atoms with Crippen molar-refractivity contribution in [3.05, 3.63) is 35.6 Å². The highest BCUT2D eigenvalue weighted by Gasteiger charge is 2.47. The standard InChI is InChI=1S/C21H29FN2O4S/c1-29(26,27)24(18-5-6-18)19-7-12-28-21(15-19)8-10-23(11-9-21)20(25)14-16-3-2-4-17(22)13-16/h2-4,13,18-19H,5-12,14-15H2,1H3. The molecule has 2 aliphatic heterocycles. The number of ether oxygens (including phenoxy) is 1. The number of likely N-dealkylation sites (tertiary alicyclic amines) is 1. The van der Waals surface area contributed by atoms with Gasteiger partial charge in [0, 0.05) is 31.8 Å². The summed E-state index contributed by atoms with van der Waals surface area (Å²) in [6, 6.07) is 6.29. The maximum absolute atomic E-state index is 13.4. The first kappa shape index (κ1) is 20.8. The fourth-order valence-electron chi connectivity index (χ4n) is 4.83. The topological polar surface area (TPSA) is 66.9 Å². The van der Waals surface area contributed by atoms with E-state index in [1.54, 1.807) is 16.4 Å². The SMILES string of the molecule is CS(=O)(=O)N(C1CC1)C1CCOC2(CCN(C(=O)Cc3cccc(F)c3)CC2)C1. The number of hydrogen-bond acceptors (Lipinski definition) is 4. The van der Waals surface area contributed by atoms with E-state index in [4.69, 9.17) is 4.74 Å². The first-order chi connectivity index (χ1) is 13.8. The van der Waals surface area contributed by atoms with Crippen molar-refractivity contribution in [3.8, 4) is 0 Å². The van der Waals surface area contributed by atoms with Crippen LogP contribution in [-0.4, -0.2) is 67.2 Å². The number of carbonyl (C=O) groups is 1. The first-order valence-electron chi connectivity index (χ1n) is 10.4. The van der Waals surface area contributed by atoms with Crippen LogP contribution in [0.5, 0.6) is 0 Å². The first-order valence-corrected chi connectivity index (χ1v) is 12.3. The van der Waals surface area contributed by atoms with Crippen LogP contribution in [0, 0.1) is 5.82 Å². The van der Waals surface area contributed by atoms with Gasteiger partial charge in [0.2, 0.25) is 15.9 Å². The maximum Gasteiger partial charge on any atom is 0.226 e. The van der Waals surface area contributed by atoms with Crippen LogP contribution in [0.15, 0.2) is 24.3 Å². The molecule has 160 valence electrons. The molecule has 1 aromatic rings. The normalized spacial score (nSPS) is 24.8. The van der Waals surface area contributed by atoms with Crippen LogP contribution in [-0.2, 0) is 26.0 Å². The number of sulfonamides is 1. The van der Waals surface area contributed by atoms with Crippen LogP contribution in [0.2, 0.25) is 0 Å². The molecule has 1 spiro atoms. The maximum atomic E-state index is 13.4. The minimum atomic E-state index is -3.24. The summed E-state index contributed by atoms with van der Waals surface area (Å²) in [4.78, 5) is 14.4. The Kier molecular flexibility index (Phi) is 5.70. The number of carbonyl (C=O) groups excluding carboxylic acids is 1. The van der Waals surface area contributed by atoms with E-state index in [1.807, 2.05) is 4.90 Å². The molecule has 1 unspecified atom stereocenters. The molecule has 1 aromatic carbocycles. The van der Waals surface area contributed by atoms with Crippen LogP contribution in [0.25, 0.3) is 0 Å². The molecule has 1 aliphatic carbocycles. The zero-order chi connectivity index (χ0) is 20.6. The summed E-state index contributed by atoms with van der Waals surface area (Å²) in [5.74, 6) is -0.339. The van der Waals surface area contributed by atoms with Gasteiger partial charge in [0.05, 0.1) is 18.3 Å². The van der Waals surface area contributed by atoms with E-state index in [1.165, 1.54) is 18.4 Å². The third kappa shape index (κ3) is 4.81. The second-order valence-corrected chi connectivity index (χ2v) is 10.6. The Bertz CT molecular complexity index is 863. The molecule has 1 amide bonds. The van der Waals surface area contributed by atoms with Crippen molar-refractivity contribution in [3.63, 3.8) is 0 Å². The largest absolute Gasteiger partial charge is 0.375 e.